The van der Waals surface area contributed by atoms with Crippen LogP contribution >= 0.6 is 0 Å². The third-order valence-electron chi connectivity index (χ3n) is 5.00. The third-order valence-corrected chi connectivity index (χ3v) is 5.00. The van der Waals surface area contributed by atoms with E-state index in [9.17, 15) is 20.2 Å². The summed E-state index contributed by atoms with van der Waals surface area (Å²) in [7, 11) is 0. The molecule has 30 heavy (non-hydrogen) atoms. The maximum Gasteiger partial charge on any atom is 0.301 e. The minimum Gasteiger partial charge on any atom is -0.318 e. The van der Waals surface area contributed by atoms with Crippen molar-refractivity contribution in [1.82, 2.24) is 4.57 Å². The van der Waals surface area contributed by atoms with Gasteiger partial charge in [0.15, 0.2) is 0 Å². The molecule has 0 spiro atoms. The number of hydrogen-bond acceptors (Lipinski definition) is 6. The molecule has 0 aliphatic rings. The number of hydrazone groups is 1. The van der Waals surface area contributed by atoms with Gasteiger partial charge in [-0.3, -0.25) is 25.7 Å². The number of benzene rings is 2. The van der Waals surface area contributed by atoms with E-state index in [1.807, 2.05) is 19.9 Å². The summed E-state index contributed by atoms with van der Waals surface area (Å²) < 4.78 is 2.11. The zero-order valence-electron chi connectivity index (χ0n) is 17.0. The predicted molar refractivity (Wildman–Crippen MR) is 116 cm³/mol. The van der Waals surface area contributed by atoms with Crippen molar-refractivity contribution in [3.05, 3.63) is 90.8 Å². The summed E-state index contributed by atoms with van der Waals surface area (Å²) in [6.45, 7) is 8.10. The number of nitro groups is 2. The lowest BCUT2D eigenvalue weighted by molar-refractivity contribution is -0.393. The van der Waals surface area contributed by atoms with Gasteiger partial charge in [-0.2, -0.15) is 5.10 Å². The Morgan fingerprint density at radius 2 is 1.67 bits per heavy atom. The Labute approximate surface area is 173 Å². The minimum atomic E-state index is -0.684. The molecule has 0 radical (unpaired) electrons. The molecule has 3 rings (SSSR count). The highest BCUT2D eigenvalue weighted by Crippen LogP contribution is 2.29. The molecule has 154 valence electrons. The maximum absolute atomic E-state index is 11.2. The van der Waals surface area contributed by atoms with Gasteiger partial charge in [-0.05, 0) is 63.1 Å². The van der Waals surface area contributed by atoms with Gasteiger partial charge in [0.05, 0.1) is 22.1 Å². The molecule has 9 nitrogen and oxygen atoms in total. The number of anilines is 1. The molecule has 0 amide bonds. The van der Waals surface area contributed by atoms with Crippen molar-refractivity contribution in [2.45, 2.75) is 27.7 Å². The molecule has 0 atom stereocenters. The molecule has 0 saturated carbocycles. The minimum absolute atomic E-state index is 0.0739. The van der Waals surface area contributed by atoms with Gasteiger partial charge in [-0.1, -0.05) is 6.07 Å². The molecule has 3 aromatic rings. The predicted octanol–water partition coefficient (Wildman–Crippen LogP) is 4.97. The first-order valence-corrected chi connectivity index (χ1v) is 9.17. The van der Waals surface area contributed by atoms with Crippen LogP contribution in [0.2, 0.25) is 0 Å². The first-order valence-electron chi connectivity index (χ1n) is 9.17. The Hall–Kier alpha value is -4.01. The molecule has 0 bridgehead atoms. The van der Waals surface area contributed by atoms with Crippen molar-refractivity contribution in [3.8, 4) is 5.69 Å². The van der Waals surface area contributed by atoms with Gasteiger partial charge in [0, 0.05) is 28.7 Å². The van der Waals surface area contributed by atoms with Gasteiger partial charge in [-0.15, -0.1) is 0 Å². The zero-order valence-corrected chi connectivity index (χ0v) is 17.0. The highest BCUT2D eigenvalue weighted by atomic mass is 16.6. The molecule has 9 heteroatoms. The normalized spacial score (nSPS) is 11.1. The molecule has 1 heterocycles. The van der Waals surface area contributed by atoms with E-state index >= 15 is 0 Å². The van der Waals surface area contributed by atoms with E-state index in [0.29, 0.717) is 0 Å². The summed E-state index contributed by atoms with van der Waals surface area (Å²) in [5.41, 5.74) is 8.23. The number of nitro benzene ring substituents is 2. The smallest absolute Gasteiger partial charge is 0.301 e. The first-order chi connectivity index (χ1) is 14.2. The molecule has 0 saturated heterocycles. The van der Waals surface area contributed by atoms with E-state index < -0.39 is 15.5 Å². The highest BCUT2D eigenvalue weighted by Gasteiger charge is 2.19. The Bertz CT molecular complexity index is 1180. The lowest BCUT2D eigenvalue weighted by atomic mass is 10.1. The summed E-state index contributed by atoms with van der Waals surface area (Å²) in [6, 6.07) is 11.6. The Morgan fingerprint density at radius 1 is 0.933 bits per heavy atom. The van der Waals surface area contributed by atoms with Crippen molar-refractivity contribution in [1.29, 1.82) is 0 Å². The molecule has 0 aliphatic carbocycles. The van der Waals surface area contributed by atoms with Crippen molar-refractivity contribution in [2.24, 2.45) is 5.10 Å². The third kappa shape index (κ3) is 4.04. The van der Waals surface area contributed by atoms with Crippen LogP contribution in [0.15, 0.2) is 47.6 Å². The molecular weight excluding hydrogens is 386 g/mol. The zero-order chi connectivity index (χ0) is 22.0. The van der Waals surface area contributed by atoms with Crippen LogP contribution in [0.25, 0.3) is 5.69 Å². The van der Waals surface area contributed by atoms with Crippen LogP contribution in [0.3, 0.4) is 0 Å². The fourth-order valence-corrected chi connectivity index (χ4v) is 3.23. The average Bonchev–Trinajstić information content (AvgIpc) is 2.97. The molecule has 0 aliphatic heterocycles. The van der Waals surface area contributed by atoms with Crippen LogP contribution in [0.5, 0.6) is 0 Å². The van der Waals surface area contributed by atoms with Gasteiger partial charge in [-0.25, -0.2) is 0 Å². The van der Waals surface area contributed by atoms with Gasteiger partial charge in [0.2, 0.25) is 0 Å². The number of aryl methyl sites for hydroxylation is 3. The Morgan fingerprint density at radius 3 is 2.30 bits per heavy atom. The molecule has 2 aromatic carbocycles. The second-order valence-corrected chi connectivity index (χ2v) is 7.02. The SMILES string of the molecule is Cc1ccc(-n2c(C)cc(/C=N/Nc3ccc([N+](=O)[O-])cc3[N+](=O)[O-])c2C)cc1C. The monoisotopic (exact) mass is 407 g/mol. The fourth-order valence-electron chi connectivity index (χ4n) is 3.23. The topological polar surface area (TPSA) is 116 Å². The molecule has 1 aromatic heterocycles. The van der Waals surface area contributed by atoms with Gasteiger partial charge in [0.1, 0.15) is 5.69 Å². The van der Waals surface area contributed by atoms with Crippen LogP contribution in [0, 0.1) is 47.9 Å². The Balaban J connectivity index is 1.88. The van der Waals surface area contributed by atoms with E-state index in [1.54, 1.807) is 6.21 Å². The number of aromatic nitrogens is 1. The largest absolute Gasteiger partial charge is 0.318 e. The van der Waals surface area contributed by atoms with Crippen molar-refractivity contribution in [3.63, 3.8) is 0 Å². The van der Waals surface area contributed by atoms with Gasteiger partial charge in [0.25, 0.3) is 5.69 Å². The summed E-state index contributed by atoms with van der Waals surface area (Å²) in [6.07, 6.45) is 1.57. The second kappa shape index (κ2) is 8.16. The lowest BCUT2D eigenvalue weighted by Gasteiger charge is -2.11. The maximum atomic E-state index is 11.2. The quantitative estimate of drug-likeness (QED) is 0.352. The van der Waals surface area contributed by atoms with E-state index in [2.05, 4.69) is 47.1 Å². The first kappa shape index (κ1) is 20.7. The van der Waals surface area contributed by atoms with Crippen molar-refractivity contribution >= 4 is 23.3 Å². The molecule has 1 N–H and O–H groups in total. The number of rotatable bonds is 6. The summed E-state index contributed by atoms with van der Waals surface area (Å²) >= 11 is 0. The van der Waals surface area contributed by atoms with E-state index in [1.165, 1.54) is 23.3 Å². The van der Waals surface area contributed by atoms with Crippen LogP contribution in [0.1, 0.15) is 28.1 Å². The number of hydrogen-bond donors (Lipinski definition) is 1. The fraction of sp³-hybridized carbons (Fsp3) is 0.190. The standard InChI is InChI=1S/C21H21N5O4/c1-13-5-6-18(9-14(13)2)24-15(3)10-17(16(24)4)12-22-23-20-8-7-19(25(27)28)11-21(20)26(29)30/h5-12,23H,1-4H3/b22-12+. The van der Waals surface area contributed by atoms with Crippen LogP contribution < -0.4 is 5.43 Å². The van der Waals surface area contributed by atoms with Gasteiger partial charge < -0.3 is 4.57 Å². The molecular formula is C21H21N5O4. The van der Waals surface area contributed by atoms with Crippen LogP contribution in [0.4, 0.5) is 17.1 Å². The number of nitrogens with one attached hydrogen (secondary N) is 1. The average molecular weight is 407 g/mol. The summed E-state index contributed by atoms with van der Waals surface area (Å²) in [5, 5.41) is 26.2. The molecule has 0 fully saturated rings. The summed E-state index contributed by atoms with van der Waals surface area (Å²) in [4.78, 5) is 20.7. The lowest BCUT2D eigenvalue weighted by Crippen LogP contribution is -2.01. The van der Waals surface area contributed by atoms with Crippen LogP contribution in [-0.4, -0.2) is 20.6 Å². The van der Waals surface area contributed by atoms with Gasteiger partial charge >= 0.3 is 5.69 Å². The van der Waals surface area contributed by atoms with Crippen LogP contribution in [-0.2, 0) is 0 Å². The van der Waals surface area contributed by atoms with E-state index in [0.717, 1.165) is 28.7 Å². The Kier molecular flexibility index (Phi) is 5.63. The van der Waals surface area contributed by atoms with E-state index in [-0.39, 0.29) is 11.4 Å². The van der Waals surface area contributed by atoms with Crippen molar-refractivity contribution < 1.29 is 9.85 Å². The number of nitrogens with zero attached hydrogens (tertiary/aromatic N) is 4. The van der Waals surface area contributed by atoms with Crippen molar-refractivity contribution in [2.75, 3.05) is 5.43 Å². The second-order valence-electron chi connectivity index (χ2n) is 7.02. The highest BCUT2D eigenvalue weighted by molar-refractivity contribution is 5.83. The summed E-state index contributed by atoms with van der Waals surface area (Å²) in [5.74, 6) is 0. The molecule has 0 unspecified atom stereocenters. The van der Waals surface area contributed by atoms with E-state index in [4.69, 9.17) is 0 Å². The number of non-ortho nitro benzene ring substituents is 1.